The maximum atomic E-state index is 12.2. The average molecular weight is 452 g/mol. The van der Waals surface area contributed by atoms with E-state index in [1.54, 1.807) is 13.0 Å². The SMILES string of the molecule is COC(=O)c1sc(NC(=S)NC(=O)/C=C/c2ccc(-c3ccccc3)o2)c(C#N)c1C. The fourth-order valence-corrected chi connectivity index (χ4v) is 4.02. The molecule has 31 heavy (non-hydrogen) atoms. The van der Waals surface area contributed by atoms with Crippen LogP contribution in [0.3, 0.4) is 0 Å². The van der Waals surface area contributed by atoms with Crippen LogP contribution >= 0.6 is 23.6 Å². The minimum Gasteiger partial charge on any atom is -0.465 e. The van der Waals surface area contributed by atoms with Crippen LogP contribution in [0.15, 0.2) is 53.0 Å². The van der Waals surface area contributed by atoms with Crippen LogP contribution in [-0.4, -0.2) is 24.1 Å². The zero-order valence-electron chi connectivity index (χ0n) is 16.6. The molecule has 0 unspecified atom stereocenters. The Bertz CT molecular complexity index is 1200. The first-order valence-corrected chi connectivity index (χ1v) is 10.2. The maximum absolute atomic E-state index is 12.2. The van der Waals surface area contributed by atoms with E-state index in [0.717, 1.165) is 16.9 Å². The van der Waals surface area contributed by atoms with Gasteiger partial charge < -0.3 is 14.5 Å². The van der Waals surface area contributed by atoms with Gasteiger partial charge in [0.1, 0.15) is 27.5 Å². The summed E-state index contributed by atoms with van der Waals surface area (Å²) in [6, 6.07) is 15.2. The molecule has 0 spiro atoms. The van der Waals surface area contributed by atoms with Crippen LogP contribution in [0.5, 0.6) is 0 Å². The summed E-state index contributed by atoms with van der Waals surface area (Å²) in [5.41, 5.74) is 1.69. The summed E-state index contributed by atoms with van der Waals surface area (Å²) < 4.78 is 10.4. The molecule has 2 aromatic heterocycles. The van der Waals surface area contributed by atoms with Gasteiger partial charge in [0.15, 0.2) is 5.11 Å². The van der Waals surface area contributed by atoms with E-state index in [4.69, 9.17) is 21.4 Å². The Labute approximate surface area is 187 Å². The zero-order chi connectivity index (χ0) is 22.4. The second-order valence-corrected chi connectivity index (χ2v) is 7.64. The summed E-state index contributed by atoms with van der Waals surface area (Å²) in [7, 11) is 1.26. The summed E-state index contributed by atoms with van der Waals surface area (Å²) in [6.45, 7) is 1.64. The Morgan fingerprint density at radius 1 is 1.23 bits per heavy atom. The van der Waals surface area contributed by atoms with E-state index < -0.39 is 11.9 Å². The number of hydrogen-bond acceptors (Lipinski definition) is 7. The second-order valence-electron chi connectivity index (χ2n) is 6.21. The van der Waals surface area contributed by atoms with Gasteiger partial charge in [-0.3, -0.25) is 10.1 Å². The summed E-state index contributed by atoms with van der Waals surface area (Å²) in [6.07, 6.45) is 2.81. The van der Waals surface area contributed by atoms with E-state index in [2.05, 4.69) is 10.6 Å². The normalized spacial score (nSPS) is 10.5. The number of benzene rings is 1. The van der Waals surface area contributed by atoms with Crippen LogP contribution in [0, 0.1) is 18.3 Å². The highest BCUT2D eigenvalue weighted by molar-refractivity contribution is 7.80. The predicted octanol–water partition coefficient (Wildman–Crippen LogP) is 4.50. The number of carbonyl (C=O) groups excluding carboxylic acids is 2. The highest BCUT2D eigenvalue weighted by Gasteiger charge is 2.21. The quantitative estimate of drug-likeness (QED) is 0.334. The maximum Gasteiger partial charge on any atom is 0.348 e. The fourth-order valence-electron chi connectivity index (χ4n) is 2.67. The molecule has 7 nitrogen and oxygen atoms in total. The number of hydrogen-bond donors (Lipinski definition) is 2. The van der Waals surface area contributed by atoms with Gasteiger partial charge in [-0.05, 0) is 42.9 Å². The lowest BCUT2D eigenvalue weighted by Crippen LogP contribution is -2.32. The molecule has 3 aromatic rings. The summed E-state index contributed by atoms with van der Waals surface area (Å²) in [5, 5.41) is 15.0. The number of carbonyl (C=O) groups is 2. The molecule has 3 rings (SSSR count). The number of ether oxygens (including phenoxy) is 1. The van der Waals surface area contributed by atoms with E-state index in [9.17, 15) is 14.9 Å². The predicted molar refractivity (Wildman–Crippen MR) is 123 cm³/mol. The first kappa shape index (κ1) is 22.0. The number of amides is 1. The van der Waals surface area contributed by atoms with E-state index >= 15 is 0 Å². The van der Waals surface area contributed by atoms with E-state index in [-0.39, 0.29) is 10.7 Å². The summed E-state index contributed by atoms with van der Waals surface area (Å²) in [5.74, 6) is 0.181. The molecule has 0 radical (unpaired) electrons. The lowest BCUT2D eigenvalue weighted by atomic mass is 10.2. The molecule has 0 saturated carbocycles. The van der Waals surface area contributed by atoms with Gasteiger partial charge in [-0.25, -0.2) is 4.79 Å². The topological polar surface area (TPSA) is 104 Å². The van der Waals surface area contributed by atoms with Gasteiger partial charge in [0.05, 0.1) is 12.7 Å². The highest BCUT2D eigenvalue weighted by Crippen LogP contribution is 2.32. The molecule has 1 aromatic carbocycles. The highest BCUT2D eigenvalue weighted by atomic mass is 32.1. The van der Waals surface area contributed by atoms with Crippen molar-refractivity contribution < 1.29 is 18.7 Å². The van der Waals surface area contributed by atoms with Crippen molar-refractivity contribution in [2.45, 2.75) is 6.92 Å². The van der Waals surface area contributed by atoms with Crippen molar-refractivity contribution in [3.05, 3.63) is 70.3 Å². The fraction of sp³-hybridized carbons (Fsp3) is 0.0909. The molecule has 0 saturated heterocycles. The zero-order valence-corrected chi connectivity index (χ0v) is 18.2. The summed E-state index contributed by atoms with van der Waals surface area (Å²) in [4.78, 5) is 24.3. The Morgan fingerprint density at radius 2 is 1.97 bits per heavy atom. The van der Waals surface area contributed by atoms with Crippen molar-refractivity contribution in [1.82, 2.24) is 5.32 Å². The van der Waals surface area contributed by atoms with Crippen molar-refractivity contribution in [3.8, 4) is 17.4 Å². The molecular weight excluding hydrogens is 434 g/mol. The monoisotopic (exact) mass is 451 g/mol. The number of furan rings is 1. The van der Waals surface area contributed by atoms with Crippen molar-refractivity contribution >= 4 is 51.6 Å². The van der Waals surface area contributed by atoms with Crippen LogP contribution in [0.1, 0.15) is 26.6 Å². The van der Waals surface area contributed by atoms with Gasteiger partial charge in [0, 0.05) is 11.6 Å². The van der Waals surface area contributed by atoms with Gasteiger partial charge in [-0.1, -0.05) is 30.3 Å². The van der Waals surface area contributed by atoms with Gasteiger partial charge in [-0.15, -0.1) is 11.3 Å². The number of esters is 1. The van der Waals surface area contributed by atoms with Crippen molar-refractivity contribution in [3.63, 3.8) is 0 Å². The van der Waals surface area contributed by atoms with Crippen LogP contribution in [0.2, 0.25) is 0 Å². The van der Waals surface area contributed by atoms with Crippen LogP contribution in [0.25, 0.3) is 17.4 Å². The third-order valence-corrected chi connectivity index (χ3v) is 5.57. The third kappa shape index (κ3) is 5.25. The van der Waals surface area contributed by atoms with Gasteiger partial charge in [0.25, 0.3) is 0 Å². The number of thiocarbonyl (C=S) groups is 1. The Kier molecular flexibility index (Phi) is 6.97. The lowest BCUT2D eigenvalue weighted by Gasteiger charge is -2.06. The molecular formula is C22H17N3O4S2. The molecule has 0 aliphatic rings. The molecule has 0 atom stereocenters. The standard InChI is InChI=1S/C22H17N3O4S2/c1-13-16(12-23)20(31-19(13)21(27)28-2)25-22(30)24-18(26)11-9-15-8-10-17(29-15)14-6-4-3-5-7-14/h3-11H,1-2H3,(H2,24,25,26,30)/b11-9+. The number of anilines is 1. The number of nitriles is 1. The van der Waals surface area contributed by atoms with E-state index in [0.29, 0.717) is 27.0 Å². The van der Waals surface area contributed by atoms with E-state index in [1.165, 1.54) is 19.3 Å². The summed E-state index contributed by atoms with van der Waals surface area (Å²) >= 11 is 6.18. The molecule has 2 heterocycles. The van der Waals surface area contributed by atoms with Crippen molar-refractivity contribution in [1.29, 1.82) is 5.26 Å². The molecule has 0 aliphatic heterocycles. The first-order chi connectivity index (χ1) is 14.9. The van der Waals surface area contributed by atoms with Gasteiger partial charge >= 0.3 is 5.97 Å². The van der Waals surface area contributed by atoms with Gasteiger partial charge in [-0.2, -0.15) is 5.26 Å². The molecule has 0 bridgehead atoms. The van der Waals surface area contributed by atoms with E-state index in [1.807, 2.05) is 42.5 Å². The smallest absolute Gasteiger partial charge is 0.348 e. The number of nitrogens with zero attached hydrogens (tertiary/aromatic N) is 1. The molecule has 156 valence electrons. The number of rotatable bonds is 5. The number of methoxy groups -OCH3 is 1. The van der Waals surface area contributed by atoms with Crippen LogP contribution in [-0.2, 0) is 9.53 Å². The lowest BCUT2D eigenvalue weighted by molar-refractivity contribution is -0.115. The molecule has 2 N–H and O–H groups in total. The molecule has 9 heteroatoms. The van der Waals surface area contributed by atoms with Crippen LogP contribution < -0.4 is 10.6 Å². The third-order valence-electron chi connectivity index (χ3n) is 4.18. The van der Waals surface area contributed by atoms with Crippen molar-refractivity contribution in [2.24, 2.45) is 0 Å². The minimum absolute atomic E-state index is 0.00626. The average Bonchev–Trinajstić information content (AvgIpc) is 3.36. The molecule has 1 amide bonds. The minimum atomic E-state index is -0.543. The molecule has 0 aliphatic carbocycles. The Hall–Kier alpha value is -3.74. The largest absolute Gasteiger partial charge is 0.465 e. The van der Waals surface area contributed by atoms with Crippen molar-refractivity contribution in [2.75, 3.05) is 12.4 Å². The molecule has 0 fully saturated rings. The number of nitrogens with one attached hydrogen (secondary N) is 2. The first-order valence-electron chi connectivity index (χ1n) is 9.00. The Morgan fingerprint density at radius 3 is 2.65 bits per heavy atom. The van der Waals surface area contributed by atoms with Gasteiger partial charge in [0.2, 0.25) is 5.91 Å². The number of thiophene rings is 1. The Balaban J connectivity index is 1.63. The van der Waals surface area contributed by atoms with Crippen LogP contribution in [0.4, 0.5) is 5.00 Å². The second kappa shape index (κ2) is 9.84.